The van der Waals surface area contributed by atoms with Gasteiger partial charge in [-0.2, -0.15) is 0 Å². The van der Waals surface area contributed by atoms with Crippen molar-refractivity contribution in [3.63, 3.8) is 0 Å². The molecule has 1 aromatic heterocycles. The average molecular weight is 217 g/mol. The van der Waals surface area contributed by atoms with Gasteiger partial charge in [-0.3, -0.25) is 4.79 Å². The second kappa shape index (κ2) is 3.54. The minimum absolute atomic E-state index is 0.342. The number of aryl methyl sites for hydroxylation is 1. The van der Waals surface area contributed by atoms with Crippen LogP contribution in [-0.2, 0) is 4.79 Å². The van der Waals surface area contributed by atoms with E-state index in [1.54, 1.807) is 0 Å². The van der Waals surface area contributed by atoms with E-state index in [9.17, 15) is 4.79 Å². The van der Waals surface area contributed by atoms with Gasteiger partial charge >= 0.3 is 0 Å². The molecule has 0 aromatic carbocycles. The van der Waals surface area contributed by atoms with Crippen molar-refractivity contribution < 1.29 is 4.79 Å². The van der Waals surface area contributed by atoms with E-state index in [0.717, 1.165) is 24.4 Å². The van der Waals surface area contributed by atoms with Crippen LogP contribution in [0.3, 0.4) is 0 Å². The van der Waals surface area contributed by atoms with Crippen molar-refractivity contribution in [2.75, 3.05) is 4.90 Å². The van der Waals surface area contributed by atoms with Crippen LogP contribution in [0.5, 0.6) is 0 Å². The number of hydrogen-bond donors (Lipinski definition) is 0. The lowest BCUT2D eigenvalue weighted by Gasteiger charge is -2.33. The number of Topliss-reactive ketones (excluding diaryl/α,β-unsaturated/α-hetero) is 1. The summed E-state index contributed by atoms with van der Waals surface area (Å²) < 4.78 is 0. The highest BCUT2D eigenvalue weighted by molar-refractivity contribution is 5.82. The average Bonchev–Trinajstić information content (AvgIpc) is 2.54. The van der Waals surface area contributed by atoms with Gasteiger partial charge < -0.3 is 4.90 Å². The zero-order chi connectivity index (χ0) is 11.1. The van der Waals surface area contributed by atoms with Crippen LogP contribution in [0.4, 0.5) is 5.95 Å². The highest BCUT2D eigenvalue weighted by Crippen LogP contribution is 2.35. The van der Waals surface area contributed by atoms with Crippen LogP contribution in [0.25, 0.3) is 0 Å². The molecule has 0 aliphatic carbocycles. The zero-order valence-electron chi connectivity index (χ0n) is 9.39. The third-order valence-corrected chi connectivity index (χ3v) is 3.54. The van der Waals surface area contributed by atoms with Gasteiger partial charge in [-0.15, -0.1) is 0 Å². The molecule has 0 spiro atoms. The van der Waals surface area contributed by atoms with E-state index < -0.39 is 0 Å². The fourth-order valence-corrected chi connectivity index (χ4v) is 2.82. The van der Waals surface area contributed by atoms with Crippen LogP contribution in [0.2, 0.25) is 0 Å². The first-order valence-electron chi connectivity index (χ1n) is 5.83. The number of aromatic nitrogens is 2. The molecule has 0 amide bonds. The number of piperidine rings is 1. The standard InChI is InChI=1S/C12H15N3O/c1-8-6-13-12(14-7-8)15-9-2-3-10(15)5-11(16)4-9/h6-7,9-10H,2-5H2,1H3. The first-order chi connectivity index (χ1) is 7.74. The van der Waals surface area contributed by atoms with Gasteiger partial charge in [0.2, 0.25) is 5.95 Å². The molecule has 2 atom stereocenters. The predicted molar refractivity (Wildman–Crippen MR) is 60.3 cm³/mol. The highest BCUT2D eigenvalue weighted by atomic mass is 16.1. The van der Waals surface area contributed by atoms with Crippen molar-refractivity contribution in [3.05, 3.63) is 18.0 Å². The van der Waals surface area contributed by atoms with Crippen molar-refractivity contribution in [2.45, 2.75) is 44.7 Å². The predicted octanol–water partition coefficient (Wildman–Crippen LogP) is 1.49. The Bertz CT molecular complexity index is 399. The summed E-state index contributed by atoms with van der Waals surface area (Å²) >= 11 is 0. The van der Waals surface area contributed by atoms with Crippen molar-refractivity contribution in [1.82, 2.24) is 9.97 Å². The minimum Gasteiger partial charge on any atom is -0.334 e. The molecule has 16 heavy (non-hydrogen) atoms. The topological polar surface area (TPSA) is 46.1 Å². The summed E-state index contributed by atoms with van der Waals surface area (Å²) in [4.78, 5) is 22.5. The van der Waals surface area contributed by atoms with E-state index in [2.05, 4.69) is 14.9 Å². The largest absolute Gasteiger partial charge is 0.334 e. The maximum Gasteiger partial charge on any atom is 0.225 e. The Morgan fingerprint density at radius 1 is 1.19 bits per heavy atom. The van der Waals surface area contributed by atoms with Crippen molar-refractivity contribution in [3.8, 4) is 0 Å². The molecule has 4 nitrogen and oxygen atoms in total. The van der Waals surface area contributed by atoms with E-state index >= 15 is 0 Å². The molecule has 0 saturated carbocycles. The third-order valence-electron chi connectivity index (χ3n) is 3.54. The van der Waals surface area contributed by atoms with Gasteiger partial charge in [0.1, 0.15) is 5.78 Å². The summed E-state index contributed by atoms with van der Waals surface area (Å²) in [7, 11) is 0. The van der Waals surface area contributed by atoms with E-state index in [4.69, 9.17) is 0 Å². The smallest absolute Gasteiger partial charge is 0.225 e. The monoisotopic (exact) mass is 217 g/mol. The molecule has 3 rings (SSSR count). The van der Waals surface area contributed by atoms with Crippen LogP contribution in [0.15, 0.2) is 12.4 Å². The Morgan fingerprint density at radius 3 is 2.31 bits per heavy atom. The quantitative estimate of drug-likeness (QED) is 0.715. The number of anilines is 1. The summed E-state index contributed by atoms with van der Waals surface area (Å²) in [6.45, 7) is 1.98. The molecular formula is C12H15N3O. The molecule has 2 aliphatic rings. The van der Waals surface area contributed by atoms with Crippen LogP contribution < -0.4 is 4.90 Å². The Kier molecular flexibility index (Phi) is 2.16. The number of nitrogens with zero attached hydrogens (tertiary/aromatic N) is 3. The van der Waals surface area contributed by atoms with E-state index in [0.29, 0.717) is 30.7 Å². The molecule has 2 unspecified atom stereocenters. The Labute approximate surface area is 94.7 Å². The fourth-order valence-electron chi connectivity index (χ4n) is 2.82. The molecule has 2 fully saturated rings. The molecule has 2 bridgehead atoms. The second-order valence-electron chi connectivity index (χ2n) is 4.80. The van der Waals surface area contributed by atoms with Gasteiger partial charge in [0.05, 0.1) is 0 Å². The van der Waals surface area contributed by atoms with E-state index in [-0.39, 0.29) is 0 Å². The second-order valence-corrected chi connectivity index (χ2v) is 4.80. The highest BCUT2D eigenvalue weighted by Gasteiger charge is 2.41. The van der Waals surface area contributed by atoms with Gasteiger partial charge in [0.25, 0.3) is 0 Å². The van der Waals surface area contributed by atoms with Crippen LogP contribution in [0, 0.1) is 6.92 Å². The molecule has 3 heterocycles. The number of carbonyl (C=O) groups is 1. The summed E-state index contributed by atoms with van der Waals surface area (Å²) in [6.07, 6.45) is 7.25. The van der Waals surface area contributed by atoms with Crippen LogP contribution in [0.1, 0.15) is 31.2 Å². The third kappa shape index (κ3) is 1.49. The van der Waals surface area contributed by atoms with E-state index in [1.807, 2.05) is 19.3 Å². The Balaban J connectivity index is 1.90. The lowest BCUT2D eigenvalue weighted by molar-refractivity contribution is -0.120. The fraction of sp³-hybridized carbons (Fsp3) is 0.583. The van der Waals surface area contributed by atoms with Gasteiger partial charge in [-0.05, 0) is 25.3 Å². The maximum atomic E-state index is 11.5. The summed E-state index contributed by atoms with van der Waals surface area (Å²) in [5, 5.41) is 0. The van der Waals surface area contributed by atoms with Crippen molar-refractivity contribution in [1.29, 1.82) is 0 Å². The lowest BCUT2D eigenvalue weighted by Crippen LogP contribution is -2.44. The van der Waals surface area contributed by atoms with Gasteiger partial charge in [0, 0.05) is 37.3 Å². The molecule has 0 radical (unpaired) electrons. The molecule has 4 heteroatoms. The summed E-state index contributed by atoms with van der Waals surface area (Å²) in [5.74, 6) is 1.20. The summed E-state index contributed by atoms with van der Waals surface area (Å²) in [6, 6.07) is 0.683. The Hall–Kier alpha value is -1.45. The Morgan fingerprint density at radius 2 is 1.75 bits per heavy atom. The molecule has 2 aliphatic heterocycles. The molecular weight excluding hydrogens is 202 g/mol. The first-order valence-corrected chi connectivity index (χ1v) is 5.83. The molecule has 2 saturated heterocycles. The van der Waals surface area contributed by atoms with Crippen LogP contribution in [-0.4, -0.2) is 27.8 Å². The SMILES string of the molecule is Cc1cnc(N2C3CCC2CC(=O)C3)nc1. The molecule has 0 N–H and O–H groups in total. The minimum atomic E-state index is 0.342. The number of rotatable bonds is 1. The number of fused-ring (bicyclic) bond motifs is 2. The van der Waals surface area contributed by atoms with Gasteiger partial charge in [0.15, 0.2) is 0 Å². The number of hydrogen-bond acceptors (Lipinski definition) is 4. The van der Waals surface area contributed by atoms with Crippen LogP contribution >= 0.6 is 0 Å². The maximum absolute atomic E-state index is 11.5. The van der Waals surface area contributed by atoms with E-state index in [1.165, 1.54) is 0 Å². The van der Waals surface area contributed by atoms with Gasteiger partial charge in [-0.25, -0.2) is 9.97 Å². The molecule has 1 aromatic rings. The lowest BCUT2D eigenvalue weighted by atomic mass is 10.0. The molecule has 84 valence electrons. The number of carbonyl (C=O) groups excluding carboxylic acids is 1. The van der Waals surface area contributed by atoms with Gasteiger partial charge in [-0.1, -0.05) is 0 Å². The van der Waals surface area contributed by atoms with Crippen molar-refractivity contribution >= 4 is 11.7 Å². The number of ketones is 1. The normalized spacial score (nSPS) is 28.6. The van der Waals surface area contributed by atoms with Crippen molar-refractivity contribution in [2.24, 2.45) is 0 Å². The summed E-state index contributed by atoms with van der Waals surface area (Å²) in [5.41, 5.74) is 1.07. The zero-order valence-corrected chi connectivity index (χ0v) is 9.39. The first kappa shape index (κ1) is 9.75.